The van der Waals surface area contributed by atoms with E-state index in [9.17, 15) is 14.4 Å². The number of nitrogens with zero attached hydrogens (tertiary/aromatic N) is 1. The van der Waals surface area contributed by atoms with Crippen molar-refractivity contribution in [1.82, 2.24) is 4.90 Å². The second kappa shape index (κ2) is 9.17. The fourth-order valence-electron chi connectivity index (χ4n) is 3.18. The molecule has 1 N–H and O–H groups in total. The highest BCUT2D eigenvalue weighted by Crippen LogP contribution is 2.20. The summed E-state index contributed by atoms with van der Waals surface area (Å²) in [6, 6.07) is 16.1. The van der Waals surface area contributed by atoms with Gasteiger partial charge in [-0.3, -0.25) is 14.4 Å². The molecule has 2 amide bonds. The molecule has 0 radical (unpaired) electrons. The van der Waals surface area contributed by atoms with Crippen molar-refractivity contribution in [3.05, 3.63) is 60.2 Å². The first kappa shape index (κ1) is 19.6. The van der Waals surface area contributed by atoms with Gasteiger partial charge in [0.1, 0.15) is 5.75 Å². The monoisotopic (exact) mass is 380 g/mol. The van der Waals surface area contributed by atoms with E-state index in [1.54, 1.807) is 29.2 Å². The van der Waals surface area contributed by atoms with Crippen molar-refractivity contribution in [1.29, 1.82) is 0 Å². The van der Waals surface area contributed by atoms with Crippen LogP contribution in [0.15, 0.2) is 54.6 Å². The molecule has 0 aliphatic carbocycles. The Labute approximate surface area is 164 Å². The predicted molar refractivity (Wildman–Crippen MR) is 106 cm³/mol. The molecule has 1 saturated heterocycles. The lowest BCUT2D eigenvalue weighted by Crippen LogP contribution is -2.43. The highest BCUT2D eigenvalue weighted by atomic mass is 16.5. The van der Waals surface area contributed by atoms with E-state index in [1.807, 2.05) is 30.3 Å². The van der Waals surface area contributed by atoms with Gasteiger partial charge in [-0.15, -0.1) is 0 Å². The van der Waals surface area contributed by atoms with Gasteiger partial charge in [0.15, 0.2) is 12.4 Å². The number of amides is 2. The number of hydrogen-bond acceptors (Lipinski definition) is 4. The van der Waals surface area contributed by atoms with Crippen molar-refractivity contribution < 1.29 is 19.1 Å². The van der Waals surface area contributed by atoms with Crippen molar-refractivity contribution in [3.63, 3.8) is 0 Å². The van der Waals surface area contributed by atoms with E-state index in [0.717, 1.165) is 0 Å². The molecular formula is C22H24N2O4. The molecule has 2 aromatic rings. The second-order valence-electron chi connectivity index (χ2n) is 6.88. The SMILES string of the molecule is CC(=O)c1ccc(NC(=O)C2CCN(C(=O)COc3ccccc3)CC2)cc1. The van der Waals surface area contributed by atoms with E-state index in [2.05, 4.69) is 5.32 Å². The van der Waals surface area contributed by atoms with E-state index < -0.39 is 0 Å². The average Bonchev–Trinajstić information content (AvgIpc) is 2.73. The Morgan fingerprint density at radius 1 is 1.00 bits per heavy atom. The van der Waals surface area contributed by atoms with Crippen LogP contribution in [0, 0.1) is 5.92 Å². The number of piperidine rings is 1. The number of ketones is 1. The number of hydrogen-bond donors (Lipinski definition) is 1. The summed E-state index contributed by atoms with van der Waals surface area (Å²) in [6.07, 6.45) is 1.24. The fourth-order valence-corrected chi connectivity index (χ4v) is 3.18. The van der Waals surface area contributed by atoms with Crippen molar-refractivity contribution in [2.75, 3.05) is 25.0 Å². The van der Waals surface area contributed by atoms with Crippen LogP contribution >= 0.6 is 0 Å². The quantitative estimate of drug-likeness (QED) is 0.781. The maximum atomic E-state index is 12.5. The summed E-state index contributed by atoms with van der Waals surface area (Å²) >= 11 is 0. The van der Waals surface area contributed by atoms with Crippen LogP contribution in [0.4, 0.5) is 5.69 Å². The van der Waals surface area contributed by atoms with Crippen molar-refractivity contribution in [3.8, 4) is 5.75 Å². The molecule has 146 valence electrons. The number of carbonyl (C=O) groups excluding carboxylic acids is 3. The van der Waals surface area contributed by atoms with Crippen LogP contribution < -0.4 is 10.1 Å². The minimum absolute atomic E-state index is 0.00335. The molecule has 0 bridgehead atoms. The Kier molecular flexibility index (Phi) is 6.42. The van der Waals surface area contributed by atoms with Gasteiger partial charge in [0.25, 0.3) is 5.91 Å². The molecule has 28 heavy (non-hydrogen) atoms. The van der Waals surface area contributed by atoms with Gasteiger partial charge in [-0.2, -0.15) is 0 Å². The Hall–Kier alpha value is -3.15. The molecule has 1 aliphatic heterocycles. The summed E-state index contributed by atoms with van der Waals surface area (Å²) in [5.41, 5.74) is 1.28. The van der Waals surface area contributed by atoms with Crippen LogP contribution in [0.2, 0.25) is 0 Å². The van der Waals surface area contributed by atoms with Crippen LogP contribution in [0.5, 0.6) is 5.75 Å². The smallest absolute Gasteiger partial charge is 0.260 e. The number of likely N-dealkylation sites (tertiary alicyclic amines) is 1. The average molecular weight is 380 g/mol. The van der Waals surface area contributed by atoms with Crippen LogP contribution in [0.3, 0.4) is 0 Å². The highest BCUT2D eigenvalue weighted by Gasteiger charge is 2.27. The van der Waals surface area contributed by atoms with Crippen LogP contribution in [-0.2, 0) is 9.59 Å². The molecule has 6 heteroatoms. The lowest BCUT2D eigenvalue weighted by molar-refractivity contribution is -0.136. The molecule has 6 nitrogen and oxygen atoms in total. The van der Waals surface area contributed by atoms with Gasteiger partial charge in [0, 0.05) is 30.3 Å². The Morgan fingerprint density at radius 3 is 2.25 bits per heavy atom. The maximum Gasteiger partial charge on any atom is 0.260 e. The molecule has 3 rings (SSSR count). The largest absolute Gasteiger partial charge is 0.484 e. The minimum Gasteiger partial charge on any atom is -0.484 e. The number of Topliss-reactive ketones (excluding diaryl/α,β-unsaturated/α-hetero) is 1. The van der Waals surface area contributed by atoms with Crippen molar-refractivity contribution in [2.45, 2.75) is 19.8 Å². The van der Waals surface area contributed by atoms with E-state index in [0.29, 0.717) is 42.9 Å². The number of para-hydroxylation sites is 1. The summed E-state index contributed by atoms with van der Waals surface area (Å²) in [6.45, 7) is 2.59. The standard InChI is InChI=1S/C22H24N2O4/c1-16(25)17-7-9-19(10-8-17)23-22(27)18-11-13-24(14-12-18)21(26)15-28-20-5-3-2-4-6-20/h2-10,18H,11-15H2,1H3,(H,23,27). The number of ether oxygens (including phenoxy) is 1. The molecule has 1 fully saturated rings. The van der Waals surface area contributed by atoms with Crippen LogP contribution in [0.25, 0.3) is 0 Å². The number of nitrogens with one attached hydrogen (secondary N) is 1. The molecule has 0 atom stereocenters. The zero-order valence-corrected chi connectivity index (χ0v) is 15.9. The van der Waals surface area contributed by atoms with Crippen molar-refractivity contribution >= 4 is 23.3 Å². The van der Waals surface area contributed by atoms with E-state index >= 15 is 0 Å². The molecule has 0 aromatic heterocycles. The Balaban J connectivity index is 1.44. The molecule has 1 aliphatic rings. The minimum atomic E-state index is -0.133. The summed E-state index contributed by atoms with van der Waals surface area (Å²) < 4.78 is 5.51. The molecule has 0 spiro atoms. The topological polar surface area (TPSA) is 75.7 Å². The van der Waals surface area contributed by atoms with Gasteiger partial charge < -0.3 is 15.0 Å². The van der Waals surface area contributed by atoms with E-state index in [-0.39, 0.29) is 30.1 Å². The van der Waals surface area contributed by atoms with Gasteiger partial charge >= 0.3 is 0 Å². The Morgan fingerprint density at radius 2 is 1.64 bits per heavy atom. The summed E-state index contributed by atoms with van der Waals surface area (Å²) in [4.78, 5) is 37.8. The molecule has 0 saturated carbocycles. The molecule has 1 heterocycles. The number of rotatable bonds is 6. The third kappa shape index (κ3) is 5.19. The van der Waals surface area contributed by atoms with Gasteiger partial charge in [-0.25, -0.2) is 0 Å². The first-order chi connectivity index (χ1) is 13.5. The number of carbonyl (C=O) groups is 3. The lowest BCUT2D eigenvalue weighted by Gasteiger charge is -2.31. The zero-order chi connectivity index (χ0) is 19.9. The second-order valence-corrected chi connectivity index (χ2v) is 6.88. The molecular weight excluding hydrogens is 356 g/mol. The third-order valence-corrected chi connectivity index (χ3v) is 4.88. The molecule has 0 unspecified atom stereocenters. The summed E-state index contributed by atoms with van der Waals surface area (Å²) in [5, 5.41) is 2.89. The summed E-state index contributed by atoms with van der Waals surface area (Å²) in [7, 11) is 0. The van der Waals surface area contributed by atoms with E-state index in [4.69, 9.17) is 4.74 Å². The fraction of sp³-hybridized carbons (Fsp3) is 0.318. The van der Waals surface area contributed by atoms with Gasteiger partial charge in [0.05, 0.1) is 0 Å². The first-order valence-corrected chi connectivity index (χ1v) is 9.40. The van der Waals surface area contributed by atoms with Gasteiger partial charge in [-0.05, 0) is 56.2 Å². The number of anilines is 1. The number of benzene rings is 2. The predicted octanol–water partition coefficient (Wildman–Crippen LogP) is 3.15. The lowest BCUT2D eigenvalue weighted by atomic mass is 9.95. The van der Waals surface area contributed by atoms with E-state index in [1.165, 1.54) is 6.92 Å². The summed E-state index contributed by atoms with van der Waals surface area (Å²) in [5.74, 6) is 0.407. The third-order valence-electron chi connectivity index (χ3n) is 4.88. The normalized spacial score (nSPS) is 14.4. The highest BCUT2D eigenvalue weighted by molar-refractivity contribution is 5.96. The van der Waals surface area contributed by atoms with Crippen LogP contribution in [0.1, 0.15) is 30.1 Å². The maximum absolute atomic E-state index is 12.5. The first-order valence-electron chi connectivity index (χ1n) is 9.40. The molecule has 2 aromatic carbocycles. The van der Waals surface area contributed by atoms with Crippen LogP contribution in [-0.4, -0.2) is 42.2 Å². The Bertz CT molecular complexity index is 825. The van der Waals surface area contributed by atoms with Crippen molar-refractivity contribution in [2.24, 2.45) is 5.92 Å². The zero-order valence-electron chi connectivity index (χ0n) is 15.9. The van der Waals surface area contributed by atoms with Gasteiger partial charge in [-0.1, -0.05) is 18.2 Å². The van der Waals surface area contributed by atoms with Gasteiger partial charge in [0.2, 0.25) is 5.91 Å².